The number of carbonyl (C=O) groups is 8. The lowest BCUT2D eigenvalue weighted by Crippen LogP contribution is -2.50. The molecule has 0 aromatic heterocycles. The number of carbonyl (C=O) groups excluding carboxylic acids is 8. The van der Waals surface area contributed by atoms with Gasteiger partial charge in [0.1, 0.15) is 33.8 Å². The molecule has 0 aliphatic heterocycles. The number of unbranched alkanes of at least 4 members (excludes halogenated alkanes) is 6. The summed E-state index contributed by atoms with van der Waals surface area (Å²) in [6.45, 7) is 18.9. The summed E-state index contributed by atoms with van der Waals surface area (Å²) in [7, 11) is 1.29. The molecule has 0 heterocycles. The minimum absolute atomic E-state index is 0.235. The van der Waals surface area contributed by atoms with Gasteiger partial charge in [0.05, 0.1) is 51.7 Å². The molecule has 0 aliphatic rings. The number of hydrogen-bond donors (Lipinski definition) is 9. The first kappa shape index (κ1) is 74.0. The Kier molecular flexibility index (Phi) is 28.2. The van der Waals surface area contributed by atoms with E-state index in [-0.39, 0.29) is 78.9 Å². The number of ketones is 4. The van der Waals surface area contributed by atoms with Crippen LogP contribution in [0.3, 0.4) is 0 Å². The fourth-order valence-electron chi connectivity index (χ4n) is 9.53. The van der Waals surface area contributed by atoms with Gasteiger partial charge >= 0.3 is 24.2 Å². The van der Waals surface area contributed by atoms with Crippen molar-refractivity contribution in [3.63, 3.8) is 0 Å². The summed E-state index contributed by atoms with van der Waals surface area (Å²) in [5, 5.41) is 55.3. The molecular formula is C67H95N6O16+. The van der Waals surface area contributed by atoms with Crippen molar-refractivity contribution in [1.82, 2.24) is 31.1 Å². The van der Waals surface area contributed by atoms with E-state index in [1.54, 1.807) is 97.1 Å². The summed E-state index contributed by atoms with van der Waals surface area (Å²) in [5.41, 5.74) is -3.18. The third kappa shape index (κ3) is 23.5. The van der Waals surface area contributed by atoms with Crippen molar-refractivity contribution in [3.05, 3.63) is 130 Å². The smallest absolute Gasteiger partial charge is 0.436 e. The Morgan fingerprint density at radius 2 is 0.787 bits per heavy atom. The van der Waals surface area contributed by atoms with Gasteiger partial charge in [-0.2, -0.15) is 9.28 Å². The molecule has 0 spiro atoms. The summed E-state index contributed by atoms with van der Waals surface area (Å²) < 4.78 is 22.5. The van der Waals surface area contributed by atoms with E-state index in [1.807, 2.05) is 20.8 Å². The van der Waals surface area contributed by atoms with Gasteiger partial charge in [-0.25, -0.2) is 14.4 Å². The van der Waals surface area contributed by atoms with E-state index in [0.29, 0.717) is 74.2 Å². The van der Waals surface area contributed by atoms with Gasteiger partial charge in [0.25, 0.3) is 0 Å². The minimum atomic E-state index is -1.61. The summed E-state index contributed by atoms with van der Waals surface area (Å²) >= 11 is 0. The number of nitrogens with zero attached hydrogens (tertiary/aromatic N) is 1. The number of amides is 6. The predicted molar refractivity (Wildman–Crippen MR) is 338 cm³/mol. The van der Waals surface area contributed by atoms with Crippen molar-refractivity contribution in [1.29, 1.82) is 0 Å². The van der Waals surface area contributed by atoms with Gasteiger partial charge in [0.15, 0.2) is 29.2 Å². The molecule has 0 radical (unpaired) electrons. The number of benzene rings is 4. The number of rotatable bonds is 36. The van der Waals surface area contributed by atoms with Crippen LogP contribution in [0.5, 0.6) is 0 Å². The Balaban J connectivity index is 1.10. The van der Waals surface area contributed by atoms with Crippen LogP contribution in [0.2, 0.25) is 0 Å². The van der Waals surface area contributed by atoms with E-state index < -0.39 is 68.3 Å². The lowest BCUT2D eigenvalue weighted by atomic mass is 9.92. The Labute approximate surface area is 523 Å². The molecule has 6 amide bonds. The monoisotopic (exact) mass is 1240 g/mol. The van der Waals surface area contributed by atoms with Crippen molar-refractivity contribution in [3.8, 4) is 0 Å². The van der Waals surface area contributed by atoms with Crippen LogP contribution >= 0.6 is 0 Å². The number of hydrogen-bond acceptors (Lipinski definition) is 16. The molecule has 4 rings (SSSR count). The molecule has 0 saturated carbocycles. The van der Waals surface area contributed by atoms with E-state index in [4.69, 9.17) is 18.9 Å². The van der Waals surface area contributed by atoms with E-state index >= 15 is 0 Å². The molecule has 0 aliphatic carbocycles. The third-order valence-electron chi connectivity index (χ3n) is 14.5. The van der Waals surface area contributed by atoms with Crippen LogP contribution < -0.4 is 31.1 Å². The Morgan fingerprint density at radius 3 is 1.15 bits per heavy atom. The SMILES string of the molecule is COC(=O)[N+](CCCCCCNC(=O)NC(C)COCC(C)OCC(C)NC(=O)NCCCCCCNC(=O)OC(c1ccc(C(=O)C(C)(C)O)cc1)c1ccc(C(=O)C(C)(C)O)cc1)(c1ccc(C(=O)C(C)(C)O)cc1)c1ccc(C(=O)C(C)(C)O)cc1. The van der Waals surface area contributed by atoms with Gasteiger partial charge in [-0.3, -0.25) is 19.2 Å². The quantitative estimate of drug-likeness (QED) is 0.0116. The lowest BCUT2D eigenvalue weighted by Gasteiger charge is -2.33. The van der Waals surface area contributed by atoms with Crippen LogP contribution in [-0.4, -0.2) is 162 Å². The van der Waals surface area contributed by atoms with Crippen molar-refractivity contribution in [2.24, 2.45) is 0 Å². The average Bonchev–Trinajstić information content (AvgIpc) is 0.886. The molecule has 89 heavy (non-hydrogen) atoms. The van der Waals surface area contributed by atoms with Crippen LogP contribution in [0.25, 0.3) is 0 Å². The maximum Gasteiger partial charge on any atom is 0.526 e. The van der Waals surface area contributed by atoms with Gasteiger partial charge in [0, 0.05) is 66.2 Å². The fraction of sp³-hybridized carbons (Fsp3) is 0.522. The lowest BCUT2D eigenvalue weighted by molar-refractivity contribution is -0.0152. The van der Waals surface area contributed by atoms with E-state index in [9.17, 15) is 58.8 Å². The van der Waals surface area contributed by atoms with Gasteiger partial charge in [-0.05, 0) is 144 Å². The molecule has 4 aromatic carbocycles. The molecule has 9 N–H and O–H groups in total. The number of alkyl carbamates (subject to hydrolysis) is 1. The first-order valence-electron chi connectivity index (χ1n) is 30.4. The molecule has 0 saturated heterocycles. The first-order chi connectivity index (χ1) is 41.7. The van der Waals surface area contributed by atoms with E-state index in [1.165, 1.54) is 62.5 Å². The van der Waals surface area contributed by atoms with E-state index in [0.717, 1.165) is 19.3 Å². The minimum Gasteiger partial charge on any atom is -0.436 e. The van der Waals surface area contributed by atoms with Crippen molar-refractivity contribution >= 4 is 58.8 Å². The molecule has 3 atom stereocenters. The van der Waals surface area contributed by atoms with Crippen LogP contribution in [-0.2, 0) is 18.9 Å². The van der Waals surface area contributed by atoms with Gasteiger partial charge in [-0.1, -0.05) is 67.8 Å². The summed E-state index contributed by atoms with van der Waals surface area (Å²) in [6.07, 6.45) is 3.06. The van der Waals surface area contributed by atoms with E-state index in [2.05, 4.69) is 26.6 Å². The highest BCUT2D eigenvalue weighted by Crippen LogP contribution is 2.38. The van der Waals surface area contributed by atoms with Crippen LogP contribution in [0.15, 0.2) is 97.1 Å². The van der Waals surface area contributed by atoms with Gasteiger partial charge in [0.2, 0.25) is 0 Å². The summed E-state index contributed by atoms with van der Waals surface area (Å²) in [5.74, 6) is -1.90. The molecule has 22 heteroatoms. The fourth-order valence-corrected chi connectivity index (χ4v) is 9.53. The van der Waals surface area contributed by atoms with Crippen LogP contribution in [0.1, 0.15) is 186 Å². The zero-order valence-corrected chi connectivity index (χ0v) is 53.8. The number of aliphatic hydroxyl groups is 4. The Morgan fingerprint density at radius 1 is 0.449 bits per heavy atom. The molecule has 0 bridgehead atoms. The zero-order chi connectivity index (χ0) is 66.3. The summed E-state index contributed by atoms with van der Waals surface area (Å²) in [6, 6.07) is 24.3. The number of methoxy groups -OCH3 is 1. The molecule has 488 valence electrons. The molecule has 22 nitrogen and oxygen atoms in total. The summed E-state index contributed by atoms with van der Waals surface area (Å²) in [4.78, 5) is 103. The van der Waals surface area contributed by atoms with Gasteiger partial charge < -0.3 is 66.0 Å². The maximum atomic E-state index is 13.9. The molecule has 0 fully saturated rings. The van der Waals surface area contributed by atoms with Gasteiger partial charge in [-0.15, -0.1) is 0 Å². The van der Waals surface area contributed by atoms with Crippen molar-refractivity contribution in [2.45, 2.75) is 174 Å². The number of Topliss-reactive ketones (excluding diaryl/α,β-unsaturated/α-hetero) is 4. The highest BCUT2D eigenvalue weighted by atomic mass is 16.6. The molecule has 4 aromatic rings. The Hall–Kier alpha value is -7.44. The topological polar surface area (TPSA) is 315 Å². The number of quaternary nitrogens is 1. The zero-order valence-electron chi connectivity index (χ0n) is 53.8. The normalized spacial score (nSPS) is 13.1. The Bertz CT molecular complexity index is 2820. The standard InChI is InChI=1S/C67H94N6O16/c1-44(71-60(78)68-38-18-15-16-20-40-73(63(81)86-12,53-33-29-51(30-34-53)58(76)66(8,9)84)54-35-31-52(32-36-54)59(77)67(10,11)85)41-87-43-46(3)88-42-45(2)72-61(79)69-37-17-13-14-19-39-70-62(80)89-55(47-21-25-49(26-22-47)56(74)64(4,5)82)48-23-27-50(28-24-48)57(75)65(6,7)83/h21-36,44-46,55,82-85H,13-20,37-43H2,1-12H3,(H4-,68,69,70,71,72,78,79,80)/p+1. The highest BCUT2D eigenvalue weighted by Gasteiger charge is 2.44. The molecular weight excluding hydrogens is 1140 g/mol. The largest absolute Gasteiger partial charge is 0.526 e. The van der Waals surface area contributed by atoms with Crippen LogP contribution in [0.4, 0.5) is 30.6 Å². The highest BCUT2D eigenvalue weighted by molar-refractivity contribution is 6.04. The average molecular weight is 1240 g/mol. The predicted octanol–water partition coefficient (Wildman–Crippen LogP) is 9.34. The van der Waals surface area contributed by atoms with Crippen molar-refractivity contribution in [2.75, 3.05) is 53.1 Å². The maximum absolute atomic E-state index is 13.9. The first-order valence-corrected chi connectivity index (χ1v) is 30.4. The second-order valence-electron chi connectivity index (χ2n) is 24.7. The number of nitrogens with one attached hydrogen (secondary N) is 5. The molecule has 3 unspecified atom stereocenters. The third-order valence-corrected chi connectivity index (χ3v) is 14.5. The van der Waals surface area contributed by atoms with Crippen LogP contribution in [0, 0.1) is 0 Å². The second kappa shape index (κ2) is 33.9. The van der Waals surface area contributed by atoms with Crippen molar-refractivity contribution < 1.29 is 77.7 Å². The number of ether oxygens (including phenoxy) is 4. The second-order valence-corrected chi connectivity index (χ2v) is 24.7. The number of urea groups is 2.